The number of carbonyl (C=O) groups excluding carboxylic acids is 2. The van der Waals surface area contributed by atoms with Crippen molar-refractivity contribution >= 4 is 27.6 Å². The van der Waals surface area contributed by atoms with Crippen molar-refractivity contribution in [2.75, 3.05) is 18.4 Å². The highest BCUT2D eigenvalue weighted by atomic mass is 32.2. The van der Waals surface area contributed by atoms with Gasteiger partial charge in [0.15, 0.2) is 0 Å². The molecule has 162 valence electrons. The largest absolute Gasteiger partial charge is 0.350 e. The Morgan fingerprint density at radius 1 is 1.07 bits per heavy atom. The molecule has 9 heteroatoms. The molecular formula is C20H32N4O4S. The predicted molar refractivity (Wildman–Crippen MR) is 114 cm³/mol. The van der Waals surface area contributed by atoms with Crippen molar-refractivity contribution in [1.82, 2.24) is 14.9 Å². The van der Waals surface area contributed by atoms with Crippen LogP contribution >= 0.6 is 0 Å². The molecule has 1 saturated heterocycles. The van der Waals surface area contributed by atoms with E-state index in [1.165, 1.54) is 0 Å². The molecule has 1 aliphatic rings. The molecule has 0 bridgehead atoms. The Hall–Kier alpha value is -2.13. The van der Waals surface area contributed by atoms with Gasteiger partial charge < -0.3 is 15.5 Å². The van der Waals surface area contributed by atoms with Gasteiger partial charge >= 0.3 is 6.03 Å². The molecule has 8 nitrogen and oxygen atoms in total. The maximum atomic E-state index is 12.5. The molecule has 29 heavy (non-hydrogen) atoms. The maximum absolute atomic E-state index is 12.5. The van der Waals surface area contributed by atoms with Crippen LogP contribution in [0.2, 0.25) is 0 Å². The summed E-state index contributed by atoms with van der Waals surface area (Å²) in [6, 6.07) is 6.37. The topological polar surface area (TPSA) is 108 Å². The Kier molecular flexibility index (Phi) is 7.29. The average Bonchev–Trinajstić information content (AvgIpc) is 2.61. The summed E-state index contributed by atoms with van der Waals surface area (Å²) in [6.07, 6.45) is 1.13. The zero-order chi connectivity index (χ0) is 21.8. The molecule has 0 aromatic heterocycles. The van der Waals surface area contributed by atoms with E-state index in [2.05, 4.69) is 15.4 Å². The number of hydrogen-bond donors (Lipinski definition) is 3. The minimum absolute atomic E-state index is 0.0534. The molecule has 3 amide bonds. The first-order valence-corrected chi connectivity index (χ1v) is 11.4. The maximum Gasteiger partial charge on any atom is 0.321 e. The molecule has 1 aromatic carbocycles. The van der Waals surface area contributed by atoms with Crippen LogP contribution in [0.3, 0.4) is 0 Å². The monoisotopic (exact) mass is 424 g/mol. The number of likely N-dealkylation sites (tertiary alicyclic amines) is 1. The molecule has 0 saturated carbocycles. The number of hydrogen-bond acceptors (Lipinski definition) is 4. The van der Waals surface area contributed by atoms with Gasteiger partial charge in [0.1, 0.15) is 0 Å². The van der Waals surface area contributed by atoms with E-state index in [1.54, 1.807) is 49.9 Å². The van der Waals surface area contributed by atoms with Gasteiger partial charge in [0.2, 0.25) is 10.0 Å². The average molecular weight is 425 g/mol. The summed E-state index contributed by atoms with van der Waals surface area (Å²) >= 11 is 0. The molecule has 0 unspecified atom stereocenters. The number of sulfonamides is 1. The molecule has 0 aliphatic carbocycles. The summed E-state index contributed by atoms with van der Waals surface area (Å²) in [4.78, 5) is 26.1. The van der Waals surface area contributed by atoms with Gasteiger partial charge in [-0.25, -0.2) is 17.9 Å². The zero-order valence-corrected chi connectivity index (χ0v) is 18.6. The van der Waals surface area contributed by atoms with Gasteiger partial charge in [-0.15, -0.1) is 0 Å². The van der Waals surface area contributed by atoms with Crippen LogP contribution in [-0.4, -0.2) is 55.2 Å². The van der Waals surface area contributed by atoms with Crippen molar-refractivity contribution in [3.63, 3.8) is 0 Å². The summed E-state index contributed by atoms with van der Waals surface area (Å²) in [5.74, 6) is -0.155. The lowest BCUT2D eigenvalue weighted by Crippen LogP contribution is -2.50. The van der Waals surface area contributed by atoms with E-state index in [9.17, 15) is 18.0 Å². The summed E-state index contributed by atoms with van der Waals surface area (Å²) < 4.78 is 26.4. The SMILES string of the molecule is CC(C)NC(=O)c1ccc(NC(=O)N2CCC(NS(=O)(=O)C(C)(C)C)CC2)cc1. The lowest BCUT2D eigenvalue weighted by Gasteiger charge is -2.33. The van der Waals surface area contributed by atoms with Crippen LogP contribution in [0.25, 0.3) is 0 Å². The van der Waals surface area contributed by atoms with Crippen LogP contribution in [-0.2, 0) is 10.0 Å². The van der Waals surface area contributed by atoms with Crippen LogP contribution < -0.4 is 15.4 Å². The van der Waals surface area contributed by atoms with Gasteiger partial charge in [0.05, 0.1) is 4.75 Å². The first-order valence-electron chi connectivity index (χ1n) is 9.88. The van der Waals surface area contributed by atoms with E-state index in [0.29, 0.717) is 37.2 Å². The molecule has 1 heterocycles. The van der Waals surface area contributed by atoms with Gasteiger partial charge in [-0.05, 0) is 71.7 Å². The molecule has 2 rings (SSSR count). The van der Waals surface area contributed by atoms with Crippen molar-refractivity contribution < 1.29 is 18.0 Å². The number of benzene rings is 1. The number of nitrogens with zero attached hydrogens (tertiary/aromatic N) is 1. The van der Waals surface area contributed by atoms with E-state index < -0.39 is 14.8 Å². The van der Waals surface area contributed by atoms with E-state index in [0.717, 1.165) is 0 Å². The second kappa shape index (κ2) is 9.13. The quantitative estimate of drug-likeness (QED) is 0.675. The van der Waals surface area contributed by atoms with Gasteiger partial charge in [0, 0.05) is 36.4 Å². The smallest absolute Gasteiger partial charge is 0.321 e. The summed E-state index contributed by atoms with van der Waals surface area (Å²) in [5.41, 5.74) is 1.13. The van der Waals surface area contributed by atoms with E-state index in [1.807, 2.05) is 13.8 Å². The second-order valence-electron chi connectivity index (χ2n) is 8.63. The standard InChI is InChI=1S/C20H32N4O4S/c1-14(2)21-18(25)15-6-8-16(9-7-15)22-19(26)24-12-10-17(11-13-24)23-29(27,28)20(3,4)5/h6-9,14,17,23H,10-13H2,1-5H3,(H,21,25)(H,22,26). The van der Waals surface area contributed by atoms with Crippen molar-refractivity contribution in [3.05, 3.63) is 29.8 Å². The molecule has 1 aromatic rings. The first-order chi connectivity index (χ1) is 13.4. The van der Waals surface area contributed by atoms with Crippen LogP contribution in [0.5, 0.6) is 0 Å². The Morgan fingerprint density at radius 3 is 2.10 bits per heavy atom. The highest BCUT2D eigenvalue weighted by Crippen LogP contribution is 2.19. The molecular weight excluding hydrogens is 392 g/mol. The number of urea groups is 1. The number of anilines is 1. The lowest BCUT2D eigenvalue weighted by molar-refractivity contribution is 0.0943. The lowest BCUT2D eigenvalue weighted by atomic mass is 10.1. The summed E-state index contributed by atoms with van der Waals surface area (Å²) in [5, 5.41) is 5.64. The van der Waals surface area contributed by atoms with E-state index in [-0.39, 0.29) is 24.0 Å². The van der Waals surface area contributed by atoms with E-state index in [4.69, 9.17) is 0 Å². The number of piperidine rings is 1. The molecule has 1 aliphatic heterocycles. The third-order valence-corrected chi connectivity index (χ3v) is 6.98. The molecule has 1 fully saturated rings. The van der Waals surface area contributed by atoms with Crippen LogP contribution in [0.4, 0.5) is 10.5 Å². The van der Waals surface area contributed by atoms with Gasteiger partial charge in [-0.1, -0.05) is 0 Å². The Labute approximate surface area is 173 Å². The van der Waals surface area contributed by atoms with Gasteiger partial charge in [0.25, 0.3) is 5.91 Å². The molecule has 0 atom stereocenters. The normalized spacial score (nSPS) is 16.0. The van der Waals surface area contributed by atoms with Crippen LogP contribution in [0, 0.1) is 0 Å². The van der Waals surface area contributed by atoms with Gasteiger partial charge in [-0.3, -0.25) is 4.79 Å². The van der Waals surface area contributed by atoms with Crippen molar-refractivity contribution in [3.8, 4) is 0 Å². The Balaban J connectivity index is 1.86. The molecule has 0 spiro atoms. The van der Waals surface area contributed by atoms with Crippen molar-refractivity contribution in [1.29, 1.82) is 0 Å². The Morgan fingerprint density at radius 2 is 1.62 bits per heavy atom. The zero-order valence-electron chi connectivity index (χ0n) is 17.8. The predicted octanol–water partition coefficient (Wildman–Crippen LogP) is 2.54. The van der Waals surface area contributed by atoms with Crippen LogP contribution in [0.15, 0.2) is 24.3 Å². The minimum Gasteiger partial charge on any atom is -0.350 e. The fraction of sp³-hybridized carbons (Fsp3) is 0.600. The van der Waals surface area contributed by atoms with Crippen molar-refractivity contribution in [2.24, 2.45) is 0 Å². The second-order valence-corrected chi connectivity index (χ2v) is 11.1. The minimum atomic E-state index is -3.40. The summed E-state index contributed by atoms with van der Waals surface area (Å²) in [6.45, 7) is 9.71. The first kappa shape index (κ1) is 23.2. The number of amides is 3. The number of carbonyl (C=O) groups is 2. The van der Waals surface area contributed by atoms with Gasteiger partial charge in [-0.2, -0.15) is 0 Å². The highest BCUT2D eigenvalue weighted by molar-refractivity contribution is 7.90. The molecule has 0 radical (unpaired) electrons. The van der Waals surface area contributed by atoms with Crippen LogP contribution in [0.1, 0.15) is 57.8 Å². The fourth-order valence-electron chi connectivity index (χ4n) is 2.85. The number of rotatable bonds is 5. The third kappa shape index (κ3) is 6.43. The fourth-order valence-corrected chi connectivity index (χ4v) is 3.88. The Bertz CT molecular complexity index is 821. The molecule has 3 N–H and O–H groups in total. The highest BCUT2D eigenvalue weighted by Gasteiger charge is 2.33. The van der Waals surface area contributed by atoms with Crippen molar-refractivity contribution in [2.45, 2.75) is 64.3 Å². The third-order valence-electron chi connectivity index (χ3n) is 4.73. The van der Waals surface area contributed by atoms with E-state index >= 15 is 0 Å². The summed E-state index contributed by atoms with van der Waals surface area (Å²) in [7, 11) is -3.40. The number of nitrogens with one attached hydrogen (secondary N) is 3.